The summed E-state index contributed by atoms with van der Waals surface area (Å²) in [6, 6.07) is 13.0. The summed E-state index contributed by atoms with van der Waals surface area (Å²) >= 11 is 6.40. The fourth-order valence-electron chi connectivity index (χ4n) is 3.84. The summed E-state index contributed by atoms with van der Waals surface area (Å²) in [5.74, 6) is 0.791. The number of carbonyl (C=O) groups excluding carboxylic acids is 1. The van der Waals surface area contributed by atoms with Gasteiger partial charge in [0.25, 0.3) is 5.91 Å². The normalized spacial score (nSPS) is 14.8. The third kappa shape index (κ3) is 7.33. The quantitative estimate of drug-likeness (QED) is 0.515. The Kier molecular flexibility index (Phi) is 9.35. The monoisotopic (exact) mass is 501 g/mol. The van der Waals surface area contributed by atoms with Crippen LogP contribution in [0.3, 0.4) is 0 Å². The van der Waals surface area contributed by atoms with Crippen molar-refractivity contribution in [3.63, 3.8) is 0 Å². The third-order valence-corrected chi connectivity index (χ3v) is 6.19. The van der Waals surface area contributed by atoms with E-state index in [1.54, 1.807) is 24.1 Å². The lowest BCUT2D eigenvalue weighted by molar-refractivity contribution is 0.0303. The van der Waals surface area contributed by atoms with Crippen molar-refractivity contribution in [2.45, 2.75) is 31.9 Å². The van der Waals surface area contributed by atoms with Crippen molar-refractivity contribution in [1.29, 1.82) is 5.26 Å². The lowest BCUT2D eigenvalue weighted by atomic mass is 9.94. The van der Waals surface area contributed by atoms with E-state index in [0.717, 1.165) is 17.7 Å². The zero-order chi connectivity index (χ0) is 25.4. The number of morpholine rings is 1. The van der Waals surface area contributed by atoms with Crippen molar-refractivity contribution in [3.05, 3.63) is 58.1 Å². The van der Waals surface area contributed by atoms with Gasteiger partial charge in [-0.2, -0.15) is 5.26 Å². The Hall–Kier alpha value is -2.83. The molecule has 0 radical (unpaired) electrons. The molecule has 0 saturated carbocycles. The SMILES string of the molecule is COc1ccc(CC(C)(C)NCC(O)COc2ccc(C(=O)N3CCOCC3)c(Cl)c2C#N)cc1. The first-order valence-corrected chi connectivity index (χ1v) is 11.9. The standard InChI is InChI=1S/C26H32ClN3O5/c1-26(2,14-18-4-6-20(33-3)7-5-18)29-16-19(31)17-35-23-9-8-21(24(27)22(23)15-28)25(32)30-10-12-34-13-11-30/h4-9,19,29,31H,10-14,16-17H2,1-3H3. The Morgan fingerprint density at radius 3 is 2.57 bits per heavy atom. The number of aliphatic hydroxyl groups excluding tert-OH is 1. The van der Waals surface area contributed by atoms with Gasteiger partial charge in [0.1, 0.15) is 35.8 Å². The molecule has 9 heteroatoms. The van der Waals surface area contributed by atoms with Crippen LogP contribution in [0.5, 0.6) is 11.5 Å². The Bertz CT molecular complexity index is 1050. The van der Waals surface area contributed by atoms with E-state index in [2.05, 4.69) is 19.2 Å². The van der Waals surface area contributed by atoms with Crippen molar-refractivity contribution >= 4 is 17.5 Å². The highest BCUT2D eigenvalue weighted by Gasteiger charge is 2.24. The van der Waals surface area contributed by atoms with Gasteiger partial charge in [-0.3, -0.25) is 4.79 Å². The Balaban J connectivity index is 1.55. The number of benzene rings is 2. The highest BCUT2D eigenvalue weighted by molar-refractivity contribution is 6.35. The number of rotatable bonds is 10. The second-order valence-electron chi connectivity index (χ2n) is 9.07. The number of β-amino-alcohol motifs (C(OH)–C–C–N with tert-alkyl or cyclic N) is 1. The smallest absolute Gasteiger partial charge is 0.255 e. The van der Waals surface area contributed by atoms with Crippen molar-refractivity contribution in [3.8, 4) is 17.6 Å². The van der Waals surface area contributed by atoms with Crippen LogP contribution >= 0.6 is 11.6 Å². The van der Waals surface area contributed by atoms with E-state index in [1.165, 1.54) is 0 Å². The number of hydrogen-bond donors (Lipinski definition) is 2. The number of nitriles is 1. The molecule has 0 bridgehead atoms. The van der Waals surface area contributed by atoms with Crippen LogP contribution in [0.25, 0.3) is 0 Å². The number of halogens is 1. The molecule has 188 valence electrons. The fourth-order valence-corrected chi connectivity index (χ4v) is 4.12. The van der Waals surface area contributed by atoms with E-state index in [9.17, 15) is 15.2 Å². The molecule has 1 saturated heterocycles. The second kappa shape index (κ2) is 12.2. The highest BCUT2D eigenvalue weighted by Crippen LogP contribution is 2.30. The van der Waals surface area contributed by atoms with E-state index in [4.69, 9.17) is 25.8 Å². The molecule has 1 atom stereocenters. The summed E-state index contributed by atoms with van der Waals surface area (Å²) < 4.78 is 16.2. The highest BCUT2D eigenvalue weighted by atomic mass is 35.5. The van der Waals surface area contributed by atoms with Crippen LogP contribution in [0, 0.1) is 11.3 Å². The zero-order valence-electron chi connectivity index (χ0n) is 20.3. The van der Waals surface area contributed by atoms with Gasteiger partial charge in [0.15, 0.2) is 0 Å². The first kappa shape index (κ1) is 26.8. The first-order valence-electron chi connectivity index (χ1n) is 11.5. The maximum Gasteiger partial charge on any atom is 0.255 e. The minimum atomic E-state index is -0.815. The minimum Gasteiger partial charge on any atom is -0.497 e. The largest absolute Gasteiger partial charge is 0.497 e. The number of nitrogens with one attached hydrogen (secondary N) is 1. The van der Waals surface area contributed by atoms with Crippen LogP contribution in [-0.4, -0.2) is 74.1 Å². The minimum absolute atomic E-state index is 0.0343. The van der Waals surface area contributed by atoms with Gasteiger partial charge in [0.2, 0.25) is 0 Å². The van der Waals surface area contributed by atoms with Crippen LogP contribution in [0.2, 0.25) is 5.02 Å². The average molecular weight is 502 g/mol. The molecule has 2 aromatic carbocycles. The molecule has 1 aliphatic heterocycles. The van der Waals surface area contributed by atoms with Crippen molar-refractivity contribution in [1.82, 2.24) is 10.2 Å². The lowest BCUT2D eigenvalue weighted by Crippen LogP contribution is -2.46. The predicted octanol–water partition coefficient (Wildman–Crippen LogP) is 3.04. The summed E-state index contributed by atoms with van der Waals surface area (Å²) in [5, 5.41) is 23.5. The van der Waals surface area contributed by atoms with Crippen molar-refractivity contribution in [2.24, 2.45) is 0 Å². The summed E-state index contributed by atoms with van der Waals surface area (Å²) in [4.78, 5) is 14.4. The molecule has 8 nitrogen and oxygen atoms in total. The Morgan fingerprint density at radius 1 is 1.26 bits per heavy atom. The molecule has 1 heterocycles. The molecule has 1 unspecified atom stereocenters. The summed E-state index contributed by atoms with van der Waals surface area (Å²) in [6.07, 6.45) is -0.0534. The van der Waals surface area contributed by atoms with Crippen molar-refractivity contribution in [2.75, 3.05) is 46.6 Å². The number of carbonyl (C=O) groups is 1. The Labute approximate surface area is 211 Å². The number of hydrogen-bond acceptors (Lipinski definition) is 7. The molecule has 2 aromatic rings. The molecule has 1 amide bonds. The molecule has 1 aliphatic rings. The topological polar surface area (TPSA) is 104 Å². The molecular formula is C26H32ClN3O5. The van der Waals surface area contributed by atoms with Crippen LogP contribution in [0.1, 0.15) is 35.3 Å². The predicted molar refractivity (Wildman–Crippen MR) is 133 cm³/mol. The van der Waals surface area contributed by atoms with Gasteiger partial charge >= 0.3 is 0 Å². The second-order valence-corrected chi connectivity index (χ2v) is 9.45. The maximum absolute atomic E-state index is 12.8. The van der Waals surface area contributed by atoms with Crippen LogP contribution in [0.4, 0.5) is 0 Å². The zero-order valence-corrected chi connectivity index (χ0v) is 21.1. The van der Waals surface area contributed by atoms with Gasteiger partial charge in [-0.05, 0) is 50.1 Å². The molecule has 0 spiro atoms. The van der Waals surface area contributed by atoms with Crippen LogP contribution in [0.15, 0.2) is 36.4 Å². The summed E-state index contributed by atoms with van der Waals surface area (Å²) in [7, 11) is 1.64. The molecule has 2 N–H and O–H groups in total. The number of amides is 1. The first-order chi connectivity index (χ1) is 16.7. The van der Waals surface area contributed by atoms with Gasteiger partial charge in [0, 0.05) is 25.2 Å². The maximum atomic E-state index is 12.8. The van der Waals surface area contributed by atoms with E-state index in [-0.39, 0.29) is 40.0 Å². The van der Waals surface area contributed by atoms with E-state index in [1.807, 2.05) is 30.3 Å². The van der Waals surface area contributed by atoms with Gasteiger partial charge in [-0.1, -0.05) is 23.7 Å². The molecule has 1 fully saturated rings. The molecule has 3 rings (SSSR count). The average Bonchev–Trinajstić information content (AvgIpc) is 2.86. The van der Waals surface area contributed by atoms with Crippen LogP contribution in [-0.2, 0) is 11.2 Å². The summed E-state index contributed by atoms with van der Waals surface area (Å²) in [5.41, 5.74) is 1.21. The molecule has 0 aromatic heterocycles. The number of aliphatic hydroxyl groups is 1. The summed E-state index contributed by atoms with van der Waals surface area (Å²) in [6.45, 7) is 6.27. The van der Waals surface area contributed by atoms with E-state index in [0.29, 0.717) is 32.8 Å². The number of nitrogens with zero attached hydrogens (tertiary/aromatic N) is 2. The van der Waals surface area contributed by atoms with E-state index < -0.39 is 6.10 Å². The number of methoxy groups -OCH3 is 1. The number of ether oxygens (including phenoxy) is 3. The molecular weight excluding hydrogens is 470 g/mol. The third-order valence-electron chi connectivity index (χ3n) is 5.80. The van der Waals surface area contributed by atoms with Crippen LogP contribution < -0.4 is 14.8 Å². The fraction of sp³-hybridized carbons (Fsp3) is 0.462. The van der Waals surface area contributed by atoms with Gasteiger partial charge < -0.3 is 29.5 Å². The van der Waals surface area contributed by atoms with Gasteiger partial charge in [-0.25, -0.2) is 0 Å². The van der Waals surface area contributed by atoms with E-state index >= 15 is 0 Å². The Morgan fingerprint density at radius 2 is 1.94 bits per heavy atom. The van der Waals surface area contributed by atoms with Gasteiger partial charge in [0.05, 0.1) is 30.9 Å². The molecule has 35 heavy (non-hydrogen) atoms. The lowest BCUT2D eigenvalue weighted by Gasteiger charge is -2.28. The van der Waals surface area contributed by atoms with Crippen molar-refractivity contribution < 1.29 is 24.1 Å². The molecule has 0 aliphatic carbocycles. The van der Waals surface area contributed by atoms with Gasteiger partial charge in [-0.15, -0.1) is 0 Å².